The third kappa shape index (κ3) is 1.98. The Bertz CT molecular complexity index is 487. The lowest BCUT2D eigenvalue weighted by molar-refractivity contribution is 0.101. The fraction of sp³-hybridized carbons (Fsp3) is 0.286. The number of amides is 1. The van der Waals surface area contributed by atoms with Crippen molar-refractivity contribution in [2.45, 2.75) is 13.8 Å². The summed E-state index contributed by atoms with van der Waals surface area (Å²) in [7, 11) is 0. The molecule has 0 saturated heterocycles. The highest BCUT2D eigenvalue weighted by atomic mass is 16.5. The number of aromatic amines is 1. The first-order valence-corrected chi connectivity index (χ1v) is 4.16. The van der Waals surface area contributed by atoms with Crippen LogP contribution in [0.15, 0.2) is 4.52 Å². The van der Waals surface area contributed by atoms with E-state index in [1.807, 2.05) is 0 Å². The van der Waals surface area contributed by atoms with E-state index in [0.717, 1.165) is 0 Å². The molecule has 15 heavy (non-hydrogen) atoms. The first-order chi connectivity index (χ1) is 7.15. The summed E-state index contributed by atoms with van der Waals surface area (Å²) in [5.74, 6) is 0.532. The molecular formula is C7H8N6O2. The molecule has 2 aromatic heterocycles. The number of hydrogen-bond donors (Lipinski definition) is 2. The van der Waals surface area contributed by atoms with Gasteiger partial charge in [0.05, 0.1) is 0 Å². The molecule has 0 aliphatic carbocycles. The molecule has 0 atom stereocenters. The van der Waals surface area contributed by atoms with Crippen molar-refractivity contribution in [1.82, 2.24) is 25.3 Å². The van der Waals surface area contributed by atoms with Crippen molar-refractivity contribution < 1.29 is 9.32 Å². The predicted molar refractivity (Wildman–Crippen MR) is 48.1 cm³/mol. The molecule has 8 nitrogen and oxygen atoms in total. The minimum atomic E-state index is -0.497. The van der Waals surface area contributed by atoms with Gasteiger partial charge in [0, 0.05) is 0 Å². The van der Waals surface area contributed by atoms with Crippen molar-refractivity contribution in [3.63, 3.8) is 0 Å². The van der Waals surface area contributed by atoms with Gasteiger partial charge in [0.15, 0.2) is 5.82 Å². The van der Waals surface area contributed by atoms with Gasteiger partial charge in [-0.25, -0.2) is 4.98 Å². The minimum Gasteiger partial charge on any atom is -0.315 e. The molecule has 78 valence electrons. The molecule has 2 rings (SSSR count). The Labute approximate surface area is 84.1 Å². The second-order valence-electron chi connectivity index (χ2n) is 2.85. The van der Waals surface area contributed by atoms with Crippen LogP contribution < -0.4 is 5.32 Å². The van der Waals surface area contributed by atoms with E-state index in [0.29, 0.717) is 11.6 Å². The molecule has 2 aromatic rings. The van der Waals surface area contributed by atoms with Crippen molar-refractivity contribution in [1.29, 1.82) is 0 Å². The van der Waals surface area contributed by atoms with Crippen LogP contribution in [0.4, 0.5) is 6.01 Å². The molecule has 2 heterocycles. The maximum Gasteiger partial charge on any atom is 0.328 e. The second kappa shape index (κ2) is 3.48. The summed E-state index contributed by atoms with van der Waals surface area (Å²) < 4.78 is 4.70. The molecule has 8 heteroatoms. The molecule has 2 N–H and O–H groups in total. The Kier molecular flexibility index (Phi) is 2.16. The maximum atomic E-state index is 11.5. The van der Waals surface area contributed by atoms with Gasteiger partial charge in [-0.3, -0.25) is 15.2 Å². The van der Waals surface area contributed by atoms with Gasteiger partial charge >= 0.3 is 6.01 Å². The van der Waals surface area contributed by atoms with Crippen molar-refractivity contribution in [3.05, 3.63) is 17.5 Å². The summed E-state index contributed by atoms with van der Waals surface area (Å²) >= 11 is 0. The lowest BCUT2D eigenvalue weighted by atomic mass is 10.5. The third-order valence-corrected chi connectivity index (χ3v) is 1.55. The summed E-state index contributed by atoms with van der Waals surface area (Å²) in [5.41, 5.74) is 0. The van der Waals surface area contributed by atoms with Crippen molar-refractivity contribution >= 4 is 11.9 Å². The van der Waals surface area contributed by atoms with Gasteiger partial charge in [0.2, 0.25) is 5.82 Å². The summed E-state index contributed by atoms with van der Waals surface area (Å²) in [5, 5.41) is 12.1. The average Bonchev–Trinajstić information content (AvgIpc) is 2.75. The smallest absolute Gasteiger partial charge is 0.315 e. The molecule has 0 aliphatic heterocycles. The number of aromatic nitrogens is 5. The molecule has 0 unspecified atom stereocenters. The zero-order valence-corrected chi connectivity index (χ0v) is 8.11. The normalized spacial score (nSPS) is 10.3. The van der Waals surface area contributed by atoms with Crippen molar-refractivity contribution in [2.24, 2.45) is 0 Å². The van der Waals surface area contributed by atoms with Crippen LogP contribution in [-0.4, -0.2) is 31.2 Å². The Hall–Kier alpha value is -2.25. The number of carbonyl (C=O) groups excluding carboxylic acids is 1. The second-order valence-corrected chi connectivity index (χ2v) is 2.85. The number of carbonyl (C=O) groups is 1. The van der Waals surface area contributed by atoms with Crippen LogP contribution in [0.2, 0.25) is 0 Å². The lowest BCUT2D eigenvalue weighted by Crippen LogP contribution is -2.14. The predicted octanol–water partition coefficient (Wildman–Crippen LogP) is 0.0568. The first kappa shape index (κ1) is 9.31. The van der Waals surface area contributed by atoms with Crippen LogP contribution in [0.3, 0.4) is 0 Å². The van der Waals surface area contributed by atoms with Crippen LogP contribution in [0, 0.1) is 13.8 Å². The average molecular weight is 208 g/mol. The zero-order chi connectivity index (χ0) is 10.8. The maximum absolute atomic E-state index is 11.5. The van der Waals surface area contributed by atoms with Gasteiger partial charge in [-0.1, -0.05) is 5.16 Å². The van der Waals surface area contributed by atoms with Crippen LogP contribution in [0.1, 0.15) is 22.3 Å². The molecule has 1 amide bonds. The van der Waals surface area contributed by atoms with Gasteiger partial charge in [-0.2, -0.15) is 4.98 Å². The van der Waals surface area contributed by atoms with E-state index in [1.165, 1.54) is 0 Å². The molecule has 0 aliphatic rings. The van der Waals surface area contributed by atoms with E-state index in [1.54, 1.807) is 13.8 Å². The number of hydrogen-bond acceptors (Lipinski definition) is 6. The van der Waals surface area contributed by atoms with Gasteiger partial charge < -0.3 is 4.52 Å². The number of H-pyrrole nitrogens is 1. The standard InChI is InChI=1S/C7H8N6O2/c1-3-8-5(12-11-3)6(14)10-7-9-4(2)13-15-7/h1-2H3,(H,8,11,12)(H,9,10,13,14). The van der Waals surface area contributed by atoms with Gasteiger partial charge in [0.1, 0.15) is 5.82 Å². The lowest BCUT2D eigenvalue weighted by Gasteiger charge is -1.92. The minimum absolute atomic E-state index is 0.0277. The fourth-order valence-electron chi connectivity index (χ4n) is 0.945. The van der Waals surface area contributed by atoms with E-state index in [9.17, 15) is 4.79 Å². The Balaban J connectivity index is 2.10. The van der Waals surface area contributed by atoms with Crippen molar-refractivity contribution in [2.75, 3.05) is 5.32 Å². The molecule has 0 radical (unpaired) electrons. The third-order valence-electron chi connectivity index (χ3n) is 1.55. The van der Waals surface area contributed by atoms with Crippen LogP contribution in [0.25, 0.3) is 0 Å². The molecule has 0 spiro atoms. The van der Waals surface area contributed by atoms with Gasteiger partial charge in [-0.15, -0.1) is 5.10 Å². The SMILES string of the molecule is Cc1noc(NC(=O)c2n[nH]c(C)n2)n1. The molecule has 0 aromatic carbocycles. The van der Waals surface area contributed by atoms with Crippen molar-refractivity contribution in [3.8, 4) is 0 Å². The van der Waals surface area contributed by atoms with Gasteiger partial charge in [0.25, 0.3) is 5.91 Å². The van der Waals surface area contributed by atoms with E-state index in [2.05, 4.69) is 30.6 Å². The van der Waals surface area contributed by atoms with E-state index in [4.69, 9.17) is 4.52 Å². The quantitative estimate of drug-likeness (QED) is 0.721. The topological polar surface area (TPSA) is 110 Å². The number of nitrogens with one attached hydrogen (secondary N) is 2. The van der Waals surface area contributed by atoms with Gasteiger partial charge in [-0.05, 0) is 13.8 Å². The summed E-state index contributed by atoms with van der Waals surface area (Å²) in [6.07, 6.45) is 0. The van der Waals surface area contributed by atoms with Crippen LogP contribution >= 0.6 is 0 Å². The highest BCUT2D eigenvalue weighted by Gasteiger charge is 2.14. The zero-order valence-electron chi connectivity index (χ0n) is 8.11. The summed E-state index contributed by atoms with van der Waals surface area (Å²) in [4.78, 5) is 19.1. The number of anilines is 1. The highest BCUT2D eigenvalue weighted by molar-refractivity contribution is 6.00. The molecule has 0 fully saturated rings. The number of rotatable bonds is 2. The Morgan fingerprint density at radius 3 is 2.73 bits per heavy atom. The largest absolute Gasteiger partial charge is 0.328 e. The number of nitrogens with zero attached hydrogens (tertiary/aromatic N) is 4. The molecular weight excluding hydrogens is 200 g/mol. The van der Waals surface area contributed by atoms with E-state index >= 15 is 0 Å². The Morgan fingerprint density at radius 1 is 1.40 bits per heavy atom. The summed E-state index contributed by atoms with van der Waals surface area (Å²) in [6, 6.07) is 0.0277. The van der Waals surface area contributed by atoms with E-state index in [-0.39, 0.29) is 11.8 Å². The summed E-state index contributed by atoms with van der Waals surface area (Å²) in [6.45, 7) is 3.34. The molecule has 0 saturated carbocycles. The monoisotopic (exact) mass is 208 g/mol. The van der Waals surface area contributed by atoms with E-state index < -0.39 is 5.91 Å². The molecule has 0 bridgehead atoms. The Morgan fingerprint density at radius 2 is 2.20 bits per heavy atom. The van der Waals surface area contributed by atoms with Crippen LogP contribution in [0.5, 0.6) is 0 Å². The highest BCUT2D eigenvalue weighted by Crippen LogP contribution is 2.03. The first-order valence-electron chi connectivity index (χ1n) is 4.16. The fourth-order valence-corrected chi connectivity index (χ4v) is 0.945. The number of aryl methyl sites for hydroxylation is 2. The van der Waals surface area contributed by atoms with Crippen LogP contribution in [-0.2, 0) is 0 Å².